The van der Waals surface area contributed by atoms with Crippen LogP contribution in [0.4, 0.5) is 19.0 Å². The minimum Gasteiger partial charge on any atom is -0.379 e. The molecule has 52 heavy (non-hydrogen) atoms. The quantitative estimate of drug-likeness (QED) is 0.164. The van der Waals surface area contributed by atoms with Gasteiger partial charge in [-0.2, -0.15) is 17.5 Å². The second-order valence-electron chi connectivity index (χ2n) is 12.2. The maximum atomic E-state index is 13.9. The molecule has 1 amide bonds. The average Bonchev–Trinajstić information content (AvgIpc) is 3.72. The summed E-state index contributed by atoms with van der Waals surface area (Å²) in [6.45, 7) is 4.88. The number of hydrogen-bond acceptors (Lipinski definition) is 8. The molecule has 0 unspecified atom stereocenters. The molecule has 6 aromatic rings. The fourth-order valence-electron chi connectivity index (χ4n) is 6.06. The summed E-state index contributed by atoms with van der Waals surface area (Å²) >= 11 is 0.971. The lowest BCUT2D eigenvalue weighted by molar-refractivity contribution is -0.137. The van der Waals surface area contributed by atoms with Gasteiger partial charge in [0.05, 0.1) is 35.1 Å². The molecule has 0 radical (unpaired) electrons. The number of aromatic nitrogens is 5. The van der Waals surface area contributed by atoms with Crippen LogP contribution in [0, 0.1) is 13.8 Å². The number of fused-ring (bicyclic) bond motifs is 1. The molecule has 1 N–H and O–H groups in total. The number of halogens is 3. The molecule has 0 saturated carbocycles. The van der Waals surface area contributed by atoms with Gasteiger partial charge in [-0.25, -0.2) is 13.4 Å². The molecule has 0 spiro atoms. The predicted octanol–water partition coefficient (Wildman–Crippen LogP) is 6.64. The lowest BCUT2D eigenvalue weighted by atomic mass is 10.1. The Hall–Kier alpha value is -5.03. The Labute approximate surface area is 301 Å². The Morgan fingerprint density at radius 2 is 1.65 bits per heavy atom. The molecular formula is C36H32F3N7O4S2. The van der Waals surface area contributed by atoms with Gasteiger partial charge in [-0.3, -0.25) is 13.8 Å². The summed E-state index contributed by atoms with van der Waals surface area (Å²) in [6.07, 6.45) is -2.84. The first-order valence-electron chi connectivity index (χ1n) is 16.2. The maximum absolute atomic E-state index is 13.9. The largest absolute Gasteiger partial charge is 0.416 e. The molecule has 0 aliphatic carbocycles. The summed E-state index contributed by atoms with van der Waals surface area (Å²) in [5, 5.41) is 11.7. The van der Waals surface area contributed by atoms with E-state index in [9.17, 15) is 26.4 Å². The fourth-order valence-corrected chi connectivity index (χ4v) is 8.27. The number of rotatable bonds is 9. The number of nitrogens with one attached hydrogen (secondary N) is 1. The number of hydrogen-bond donors (Lipinski definition) is 1. The van der Waals surface area contributed by atoms with Gasteiger partial charge < -0.3 is 10.1 Å². The first-order valence-corrected chi connectivity index (χ1v) is 18.6. The van der Waals surface area contributed by atoms with Gasteiger partial charge in [-0.05, 0) is 68.4 Å². The molecule has 1 saturated heterocycles. The van der Waals surface area contributed by atoms with Gasteiger partial charge in [0.15, 0.2) is 11.0 Å². The topological polar surface area (TPSA) is 124 Å². The molecule has 16 heteroatoms. The third-order valence-electron chi connectivity index (χ3n) is 8.38. The molecule has 268 valence electrons. The van der Waals surface area contributed by atoms with Crippen LogP contribution in [-0.2, 0) is 25.7 Å². The highest BCUT2D eigenvalue weighted by molar-refractivity contribution is 7.99. The normalized spacial score (nSPS) is 14.2. The van der Waals surface area contributed by atoms with Gasteiger partial charge >= 0.3 is 6.18 Å². The zero-order valence-corrected chi connectivity index (χ0v) is 29.6. The van der Waals surface area contributed by atoms with E-state index in [-0.39, 0.29) is 53.6 Å². The van der Waals surface area contributed by atoms with Crippen LogP contribution in [-0.4, -0.2) is 74.8 Å². The highest BCUT2D eigenvalue weighted by Crippen LogP contribution is 2.35. The molecule has 0 bridgehead atoms. The number of thioether (sulfide) groups is 1. The van der Waals surface area contributed by atoms with Crippen LogP contribution >= 0.6 is 11.8 Å². The molecule has 11 nitrogen and oxygen atoms in total. The van der Waals surface area contributed by atoms with Crippen molar-refractivity contribution in [1.29, 1.82) is 0 Å². The SMILES string of the molecule is Cc1cc(C)cc(-c2nc3ccccn3c2NC(=O)CSc2nnc(-c3cccc(S(=O)(=O)N4CCOCC4)c3)n2-c2cccc(C(F)(F)F)c2)c1. The molecule has 1 fully saturated rings. The van der Waals surface area contributed by atoms with Gasteiger partial charge in [0.1, 0.15) is 17.2 Å². The van der Waals surface area contributed by atoms with E-state index in [1.807, 2.05) is 50.2 Å². The van der Waals surface area contributed by atoms with Crippen LogP contribution in [0.3, 0.4) is 0 Å². The molecule has 0 atom stereocenters. The number of sulfonamides is 1. The van der Waals surface area contributed by atoms with Crippen LogP contribution in [0.1, 0.15) is 16.7 Å². The third-order valence-corrected chi connectivity index (χ3v) is 11.2. The van der Waals surface area contributed by atoms with Crippen molar-refractivity contribution in [2.75, 3.05) is 37.4 Å². The molecular weight excluding hydrogens is 716 g/mol. The van der Waals surface area contributed by atoms with Crippen molar-refractivity contribution < 1.29 is 31.1 Å². The number of amides is 1. The first-order chi connectivity index (χ1) is 24.9. The van der Waals surface area contributed by atoms with Crippen LogP contribution in [0.5, 0.6) is 0 Å². The Balaban J connectivity index is 1.23. The summed E-state index contributed by atoms with van der Waals surface area (Å²) in [6, 6.07) is 22.2. The lowest BCUT2D eigenvalue weighted by Crippen LogP contribution is -2.40. The second kappa shape index (κ2) is 14.2. The van der Waals surface area contributed by atoms with E-state index in [2.05, 4.69) is 15.5 Å². The van der Waals surface area contributed by atoms with Crippen LogP contribution in [0.15, 0.2) is 101 Å². The first kappa shape index (κ1) is 35.4. The van der Waals surface area contributed by atoms with Crippen molar-refractivity contribution in [3.8, 4) is 28.3 Å². The molecule has 1 aliphatic rings. The average molecular weight is 748 g/mol. The summed E-state index contributed by atoms with van der Waals surface area (Å²) in [5.41, 5.74) is 3.61. The fraction of sp³-hybridized carbons (Fsp3) is 0.222. The number of nitrogens with zero attached hydrogens (tertiary/aromatic N) is 6. The number of morpholine rings is 1. The summed E-state index contributed by atoms with van der Waals surface area (Å²) in [5.74, 6) is -0.0424. The highest BCUT2D eigenvalue weighted by atomic mass is 32.2. The number of carbonyl (C=O) groups excluding carboxylic acids is 1. The van der Waals surface area contributed by atoms with Crippen molar-refractivity contribution in [3.63, 3.8) is 0 Å². The van der Waals surface area contributed by atoms with E-state index in [0.29, 0.717) is 22.7 Å². The molecule has 3 aromatic carbocycles. The van der Waals surface area contributed by atoms with Crippen LogP contribution < -0.4 is 5.32 Å². The number of benzene rings is 3. The Kier molecular flexibility index (Phi) is 9.65. The van der Waals surface area contributed by atoms with Crippen molar-refractivity contribution >= 4 is 39.2 Å². The lowest BCUT2D eigenvalue weighted by Gasteiger charge is -2.26. The minimum atomic E-state index is -4.63. The van der Waals surface area contributed by atoms with Gasteiger partial charge in [0.25, 0.3) is 0 Å². The Bertz CT molecular complexity index is 2380. The second-order valence-corrected chi connectivity index (χ2v) is 15.1. The summed E-state index contributed by atoms with van der Waals surface area (Å²) in [4.78, 5) is 18.4. The highest BCUT2D eigenvalue weighted by Gasteiger charge is 2.32. The van der Waals surface area contributed by atoms with Gasteiger partial charge in [-0.15, -0.1) is 10.2 Å². The smallest absolute Gasteiger partial charge is 0.379 e. The van der Waals surface area contributed by atoms with Gasteiger partial charge in [0.2, 0.25) is 15.9 Å². The zero-order chi connectivity index (χ0) is 36.6. The third kappa shape index (κ3) is 7.19. The zero-order valence-electron chi connectivity index (χ0n) is 28.0. The maximum Gasteiger partial charge on any atom is 0.416 e. The molecule has 3 aromatic heterocycles. The van der Waals surface area contributed by atoms with Crippen molar-refractivity contribution in [1.82, 2.24) is 28.5 Å². The number of aryl methyl sites for hydroxylation is 2. The number of carbonyl (C=O) groups is 1. The number of alkyl halides is 3. The Morgan fingerprint density at radius 3 is 2.40 bits per heavy atom. The van der Waals surface area contributed by atoms with Crippen LogP contribution in [0.2, 0.25) is 0 Å². The minimum absolute atomic E-state index is 0.00767. The summed E-state index contributed by atoms with van der Waals surface area (Å²) in [7, 11) is -3.90. The van der Waals surface area contributed by atoms with Gasteiger partial charge in [-0.1, -0.05) is 53.2 Å². The van der Waals surface area contributed by atoms with E-state index >= 15 is 0 Å². The standard InChI is InChI=1S/C36H32F3N7O4S2/c1-23-17-24(2)19-26(18-23)32-34(45-12-4-3-11-30(45)40-32)41-31(47)22-51-35-43-42-33(46(35)28-9-6-8-27(21-28)36(37,38)39)25-7-5-10-29(20-25)52(48,49)44-13-15-50-16-14-44/h3-12,17-21H,13-16,22H2,1-2H3,(H,41,47). The van der Waals surface area contributed by atoms with E-state index < -0.39 is 27.7 Å². The van der Waals surface area contributed by atoms with Crippen molar-refractivity contribution in [2.24, 2.45) is 0 Å². The van der Waals surface area contributed by atoms with E-state index in [1.54, 1.807) is 16.7 Å². The van der Waals surface area contributed by atoms with Crippen molar-refractivity contribution in [3.05, 3.63) is 108 Å². The monoisotopic (exact) mass is 747 g/mol. The summed E-state index contributed by atoms with van der Waals surface area (Å²) < 4.78 is 78.3. The van der Waals surface area contributed by atoms with E-state index in [4.69, 9.17) is 9.72 Å². The Morgan fingerprint density at radius 1 is 0.904 bits per heavy atom. The number of ether oxygens (including phenoxy) is 1. The molecule has 4 heterocycles. The van der Waals surface area contributed by atoms with Gasteiger partial charge in [0, 0.05) is 30.4 Å². The van der Waals surface area contributed by atoms with Crippen molar-refractivity contribution in [2.45, 2.75) is 30.1 Å². The number of anilines is 1. The number of imidazole rings is 1. The van der Waals surface area contributed by atoms with E-state index in [1.165, 1.54) is 39.2 Å². The molecule has 1 aliphatic heterocycles. The van der Waals surface area contributed by atoms with E-state index in [0.717, 1.165) is 40.6 Å². The van der Waals surface area contributed by atoms with Crippen LogP contribution in [0.25, 0.3) is 34.0 Å². The molecule has 7 rings (SSSR count). The number of pyridine rings is 1. The predicted molar refractivity (Wildman–Crippen MR) is 191 cm³/mol.